The molecule has 4 aromatic rings. The van der Waals surface area contributed by atoms with Gasteiger partial charge in [0.1, 0.15) is 11.9 Å². The van der Waals surface area contributed by atoms with Crippen LogP contribution in [0, 0.1) is 0 Å². The van der Waals surface area contributed by atoms with Crippen molar-refractivity contribution in [3.63, 3.8) is 0 Å². The molecule has 0 saturated heterocycles. The van der Waals surface area contributed by atoms with E-state index < -0.39 is 25.7 Å². The maximum Gasteiger partial charge on any atom is 0.416 e. The average Bonchev–Trinajstić information content (AvgIpc) is 3.54. The Hall–Kier alpha value is -3.76. The molecule has 7 rings (SSSR count). The molecular weight excluding hydrogens is 624 g/mol. The van der Waals surface area contributed by atoms with E-state index in [1.165, 1.54) is 81.6 Å². The number of amides is 1. The molecule has 1 amide bonds. The lowest BCUT2D eigenvalue weighted by molar-refractivity contribution is -0.137. The van der Waals surface area contributed by atoms with Gasteiger partial charge in [0, 0.05) is 11.1 Å². The zero-order valence-corrected chi connectivity index (χ0v) is 28.1. The van der Waals surface area contributed by atoms with Crippen LogP contribution in [0.4, 0.5) is 13.2 Å². The summed E-state index contributed by atoms with van der Waals surface area (Å²) in [7, 11) is -0.520. The second kappa shape index (κ2) is 14.4. The number of hydrogen-bond acceptors (Lipinski definition) is 2. The van der Waals surface area contributed by atoms with Crippen molar-refractivity contribution in [3.8, 4) is 0 Å². The molecule has 2 aliphatic carbocycles. The Morgan fingerprint density at radius 2 is 1.17 bits per heavy atom. The fraction of sp³-hybridized carbons (Fsp3) is 0.366. The first kappa shape index (κ1) is 32.8. The van der Waals surface area contributed by atoms with Gasteiger partial charge in [-0.25, -0.2) is 0 Å². The van der Waals surface area contributed by atoms with Gasteiger partial charge >= 0.3 is 6.18 Å². The zero-order chi connectivity index (χ0) is 33.1. The Kier molecular flexibility index (Phi) is 9.82. The normalized spacial score (nSPS) is 21.0. The average molecular weight is 667 g/mol. The number of nitrogens with zero attached hydrogens (tertiary/aromatic N) is 2. The molecule has 7 heteroatoms. The van der Waals surface area contributed by atoms with Crippen molar-refractivity contribution in [2.45, 2.75) is 93.8 Å². The Labute approximate surface area is 283 Å². The van der Waals surface area contributed by atoms with Crippen molar-refractivity contribution >= 4 is 25.0 Å². The Morgan fingerprint density at radius 1 is 0.646 bits per heavy atom. The van der Waals surface area contributed by atoms with E-state index in [9.17, 15) is 18.0 Å². The van der Waals surface area contributed by atoms with Crippen molar-refractivity contribution < 1.29 is 18.0 Å². The van der Waals surface area contributed by atoms with Crippen LogP contribution in [0.1, 0.15) is 109 Å². The van der Waals surface area contributed by atoms with Gasteiger partial charge in [0.2, 0.25) is 0 Å². The van der Waals surface area contributed by atoms with E-state index in [0.717, 1.165) is 28.8 Å². The summed E-state index contributed by atoms with van der Waals surface area (Å²) in [6.07, 6.45) is 8.17. The number of carbonyl (C=O) groups is 1. The van der Waals surface area contributed by atoms with Crippen molar-refractivity contribution in [2.24, 2.45) is 4.99 Å². The van der Waals surface area contributed by atoms with E-state index in [4.69, 9.17) is 4.99 Å². The molecule has 0 aromatic heterocycles. The Balaban J connectivity index is 1.40. The van der Waals surface area contributed by atoms with Gasteiger partial charge in [0.25, 0.3) is 5.91 Å². The number of benzene rings is 4. The summed E-state index contributed by atoms with van der Waals surface area (Å²) in [5.41, 5.74) is 3.66. The van der Waals surface area contributed by atoms with Gasteiger partial charge in [-0.3, -0.25) is 14.7 Å². The first-order valence-corrected chi connectivity index (χ1v) is 18.9. The summed E-state index contributed by atoms with van der Waals surface area (Å²) in [6.45, 7) is 0. The standard InChI is InChI=1S/C41H42F3N2OP/c42-41(43,44)32-27-25-31(26-28-32)40(47)46-38(30-17-7-2-8-18-30)37(29-15-5-1-6-16-29)45-39(46)35-23-13-14-24-36(35)48(33-19-9-3-10-20-33)34-21-11-4-12-22-34/h1-2,5-8,13-18,23-28,33-34,37-38H,3-4,9-12,19-22H2/t37-,38-/m0/s1. The zero-order valence-electron chi connectivity index (χ0n) is 27.2. The van der Waals surface area contributed by atoms with E-state index in [1.807, 2.05) is 54.6 Å². The molecule has 0 N–H and O–H groups in total. The van der Waals surface area contributed by atoms with E-state index in [-0.39, 0.29) is 17.5 Å². The topological polar surface area (TPSA) is 32.7 Å². The number of aliphatic imine (C=N–C) groups is 1. The summed E-state index contributed by atoms with van der Waals surface area (Å²) in [4.78, 5) is 22.1. The Bertz CT molecular complexity index is 1690. The van der Waals surface area contributed by atoms with Crippen LogP contribution >= 0.6 is 7.92 Å². The highest BCUT2D eigenvalue weighted by molar-refractivity contribution is 7.67. The summed E-state index contributed by atoms with van der Waals surface area (Å²) >= 11 is 0. The van der Waals surface area contributed by atoms with Crippen LogP contribution in [-0.2, 0) is 6.18 Å². The number of alkyl halides is 3. The summed E-state index contributed by atoms with van der Waals surface area (Å²) in [6, 6.07) is 32.4. The van der Waals surface area contributed by atoms with Crippen molar-refractivity contribution in [2.75, 3.05) is 0 Å². The molecule has 3 nitrogen and oxygen atoms in total. The molecule has 0 bridgehead atoms. The molecule has 248 valence electrons. The quantitative estimate of drug-likeness (QED) is 0.181. The molecular formula is C41H42F3N2OP. The molecule has 3 aliphatic rings. The van der Waals surface area contributed by atoms with E-state index in [1.54, 1.807) is 4.90 Å². The summed E-state index contributed by atoms with van der Waals surface area (Å²) in [5, 5.41) is 1.33. The highest BCUT2D eigenvalue weighted by atomic mass is 31.1. The first-order valence-electron chi connectivity index (χ1n) is 17.5. The maximum absolute atomic E-state index is 14.8. The van der Waals surface area contributed by atoms with Gasteiger partial charge in [-0.15, -0.1) is 0 Å². The largest absolute Gasteiger partial charge is 0.416 e. The summed E-state index contributed by atoms with van der Waals surface area (Å²) in [5.74, 6) is 0.279. The smallest absolute Gasteiger partial charge is 0.282 e. The molecule has 48 heavy (non-hydrogen) atoms. The predicted molar refractivity (Wildman–Crippen MR) is 189 cm³/mol. The third kappa shape index (κ3) is 6.74. The molecule has 0 radical (unpaired) electrons. The van der Waals surface area contributed by atoms with Crippen molar-refractivity contribution in [1.82, 2.24) is 4.90 Å². The number of hydrogen-bond donors (Lipinski definition) is 0. The SMILES string of the molecule is O=C(c1ccc(C(F)(F)F)cc1)N1C(c2ccccc2P(C2CCCCC2)C2CCCCC2)=N[C@@H](c2ccccc2)[C@@H]1c1ccccc1. The predicted octanol–water partition coefficient (Wildman–Crippen LogP) is 10.9. The number of amidine groups is 1. The third-order valence-corrected chi connectivity index (χ3v) is 13.9. The minimum Gasteiger partial charge on any atom is -0.282 e. The van der Waals surface area contributed by atoms with Gasteiger partial charge in [-0.1, -0.05) is 131 Å². The van der Waals surface area contributed by atoms with Crippen molar-refractivity contribution in [3.05, 3.63) is 137 Å². The molecule has 1 heterocycles. The minimum atomic E-state index is -4.48. The van der Waals surface area contributed by atoms with Gasteiger partial charge in [0.05, 0.1) is 11.6 Å². The number of rotatable bonds is 7. The van der Waals surface area contributed by atoms with Gasteiger partial charge in [-0.05, 0) is 77.7 Å². The third-order valence-electron chi connectivity index (χ3n) is 10.4. The highest BCUT2D eigenvalue weighted by Gasteiger charge is 2.44. The van der Waals surface area contributed by atoms with Gasteiger partial charge in [0.15, 0.2) is 0 Å². The van der Waals surface area contributed by atoms with E-state index in [2.05, 4.69) is 30.3 Å². The van der Waals surface area contributed by atoms with Crippen LogP contribution in [0.3, 0.4) is 0 Å². The second-order valence-electron chi connectivity index (χ2n) is 13.4. The molecule has 1 aliphatic heterocycles. The molecule has 2 atom stereocenters. The van der Waals surface area contributed by atoms with E-state index >= 15 is 0 Å². The van der Waals surface area contributed by atoms with E-state index in [0.29, 0.717) is 17.2 Å². The van der Waals surface area contributed by atoms with Crippen LogP contribution < -0.4 is 5.30 Å². The van der Waals surface area contributed by atoms with Crippen LogP contribution in [-0.4, -0.2) is 28.0 Å². The van der Waals surface area contributed by atoms with Crippen LogP contribution in [0.15, 0.2) is 114 Å². The number of carbonyl (C=O) groups excluding carboxylic acids is 1. The first-order chi connectivity index (χ1) is 23.4. The fourth-order valence-corrected chi connectivity index (χ4v) is 12.0. The minimum absolute atomic E-state index is 0.213. The van der Waals surface area contributed by atoms with Crippen LogP contribution in [0.5, 0.6) is 0 Å². The lowest BCUT2D eigenvalue weighted by Crippen LogP contribution is -2.40. The van der Waals surface area contributed by atoms with Gasteiger partial charge < -0.3 is 0 Å². The Morgan fingerprint density at radius 3 is 1.73 bits per heavy atom. The maximum atomic E-state index is 14.8. The molecule has 4 aromatic carbocycles. The highest BCUT2D eigenvalue weighted by Crippen LogP contribution is 2.56. The lowest BCUT2D eigenvalue weighted by Gasteiger charge is -2.40. The molecule has 2 saturated carbocycles. The fourth-order valence-electron chi connectivity index (χ4n) is 8.09. The van der Waals surface area contributed by atoms with Crippen LogP contribution in [0.25, 0.3) is 0 Å². The molecule has 0 spiro atoms. The second-order valence-corrected chi connectivity index (χ2v) is 16.2. The monoisotopic (exact) mass is 666 g/mol. The van der Waals surface area contributed by atoms with Gasteiger partial charge in [-0.2, -0.15) is 13.2 Å². The van der Waals surface area contributed by atoms with Crippen molar-refractivity contribution in [1.29, 1.82) is 0 Å². The number of halogens is 3. The molecule has 0 unspecified atom stereocenters. The van der Waals surface area contributed by atoms with Crippen LogP contribution in [0.2, 0.25) is 0 Å². The molecule has 2 fully saturated rings. The summed E-state index contributed by atoms with van der Waals surface area (Å²) < 4.78 is 40.6. The lowest BCUT2D eigenvalue weighted by atomic mass is 9.93.